The highest BCUT2D eigenvalue weighted by Crippen LogP contribution is 2.24. The van der Waals surface area contributed by atoms with Crippen LogP contribution in [0.2, 0.25) is 0 Å². The van der Waals surface area contributed by atoms with Crippen LogP contribution in [0.15, 0.2) is 55.2 Å². The standard InChI is InChI=1S/C16H12N4O/c1-11(21)14-10-19-16(13-4-8-18-9-5-13)20-15(14)12-2-6-17-7-3-12/h2-10H,1H3. The lowest BCUT2D eigenvalue weighted by Crippen LogP contribution is -2.02. The van der Waals surface area contributed by atoms with Crippen LogP contribution in [0.3, 0.4) is 0 Å². The van der Waals surface area contributed by atoms with Crippen LogP contribution >= 0.6 is 0 Å². The van der Waals surface area contributed by atoms with Gasteiger partial charge in [-0.05, 0) is 31.2 Å². The first-order valence-corrected chi connectivity index (χ1v) is 6.44. The zero-order chi connectivity index (χ0) is 14.7. The Kier molecular flexibility index (Phi) is 3.47. The summed E-state index contributed by atoms with van der Waals surface area (Å²) in [6, 6.07) is 7.31. The van der Waals surface area contributed by atoms with E-state index < -0.39 is 0 Å². The smallest absolute Gasteiger partial charge is 0.163 e. The summed E-state index contributed by atoms with van der Waals surface area (Å²) >= 11 is 0. The van der Waals surface area contributed by atoms with Gasteiger partial charge in [-0.1, -0.05) is 0 Å². The van der Waals surface area contributed by atoms with Crippen molar-refractivity contribution in [3.8, 4) is 22.6 Å². The van der Waals surface area contributed by atoms with Crippen molar-refractivity contribution in [2.75, 3.05) is 0 Å². The lowest BCUT2D eigenvalue weighted by molar-refractivity contribution is 0.101. The SMILES string of the molecule is CC(=O)c1cnc(-c2ccncc2)nc1-c1ccncc1. The number of ketones is 1. The third kappa shape index (κ3) is 2.67. The lowest BCUT2D eigenvalue weighted by atomic mass is 10.1. The third-order valence-corrected chi connectivity index (χ3v) is 3.06. The van der Waals surface area contributed by atoms with E-state index in [2.05, 4.69) is 19.9 Å². The molecule has 0 bridgehead atoms. The predicted octanol–water partition coefficient (Wildman–Crippen LogP) is 2.80. The summed E-state index contributed by atoms with van der Waals surface area (Å²) in [7, 11) is 0. The van der Waals surface area contributed by atoms with Crippen molar-refractivity contribution in [3.05, 3.63) is 60.8 Å². The Hall–Kier alpha value is -2.95. The van der Waals surface area contributed by atoms with Gasteiger partial charge in [0.2, 0.25) is 0 Å². The van der Waals surface area contributed by atoms with E-state index in [-0.39, 0.29) is 5.78 Å². The number of carbonyl (C=O) groups excluding carboxylic acids is 1. The molecule has 0 aliphatic rings. The molecule has 3 aromatic heterocycles. The fourth-order valence-corrected chi connectivity index (χ4v) is 2.01. The zero-order valence-electron chi connectivity index (χ0n) is 11.4. The van der Waals surface area contributed by atoms with E-state index in [4.69, 9.17) is 0 Å². The number of aromatic nitrogens is 4. The van der Waals surface area contributed by atoms with Crippen LogP contribution < -0.4 is 0 Å². The van der Waals surface area contributed by atoms with Crippen molar-refractivity contribution in [1.29, 1.82) is 0 Å². The van der Waals surface area contributed by atoms with Crippen LogP contribution in [0.1, 0.15) is 17.3 Å². The third-order valence-electron chi connectivity index (χ3n) is 3.06. The van der Waals surface area contributed by atoms with E-state index in [0.717, 1.165) is 11.1 Å². The zero-order valence-corrected chi connectivity index (χ0v) is 11.4. The van der Waals surface area contributed by atoms with Gasteiger partial charge in [-0.3, -0.25) is 14.8 Å². The van der Waals surface area contributed by atoms with Crippen molar-refractivity contribution >= 4 is 5.78 Å². The number of carbonyl (C=O) groups is 1. The monoisotopic (exact) mass is 276 g/mol. The van der Waals surface area contributed by atoms with Gasteiger partial charge in [-0.2, -0.15) is 0 Å². The molecule has 0 amide bonds. The second kappa shape index (κ2) is 5.58. The number of nitrogens with zero attached hydrogens (tertiary/aromatic N) is 4. The lowest BCUT2D eigenvalue weighted by Gasteiger charge is -2.08. The molecule has 0 aliphatic carbocycles. The molecule has 0 saturated heterocycles. The highest BCUT2D eigenvalue weighted by Gasteiger charge is 2.13. The number of hydrogen-bond donors (Lipinski definition) is 0. The molecule has 0 spiro atoms. The summed E-state index contributed by atoms with van der Waals surface area (Å²) in [4.78, 5) is 28.6. The van der Waals surface area contributed by atoms with Crippen LogP contribution in [0.4, 0.5) is 0 Å². The Morgan fingerprint density at radius 2 is 1.48 bits per heavy atom. The molecule has 5 nitrogen and oxygen atoms in total. The largest absolute Gasteiger partial charge is 0.294 e. The van der Waals surface area contributed by atoms with E-state index in [0.29, 0.717) is 17.1 Å². The van der Waals surface area contributed by atoms with E-state index in [1.54, 1.807) is 31.0 Å². The number of pyridine rings is 2. The maximum Gasteiger partial charge on any atom is 0.163 e. The Balaban J connectivity index is 2.18. The minimum Gasteiger partial charge on any atom is -0.294 e. The molecule has 3 aromatic rings. The molecular formula is C16H12N4O. The fraction of sp³-hybridized carbons (Fsp3) is 0.0625. The van der Waals surface area contributed by atoms with Gasteiger partial charge in [0.1, 0.15) is 0 Å². The first-order valence-electron chi connectivity index (χ1n) is 6.44. The molecule has 0 radical (unpaired) electrons. The van der Waals surface area contributed by atoms with E-state index in [1.165, 1.54) is 6.92 Å². The average Bonchev–Trinajstić information content (AvgIpc) is 2.56. The summed E-state index contributed by atoms with van der Waals surface area (Å²) in [5.41, 5.74) is 2.81. The summed E-state index contributed by atoms with van der Waals surface area (Å²) in [5.74, 6) is 0.498. The molecule has 0 fully saturated rings. The predicted molar refractivity (Wildman–Crippen MR) is 78.5 cm³/mol. The van der Waals surface area contributed by atoms with Gasteiger partial charge >= 0.3 is 0 Å². The number of Topliss-reactive ketones (excluding diaryl/α,β-unsaturated/α-hetero) is 1. The molecule has 3 rings (SSSR count). The van der Waals surface area contributed by atoms with Crippen LogP contribution in [-0.4, -0.2) is 25.7 Å². The Labute approximate surface area is 121 Å². The maximum absolute atomic E-state index is 11.8. The fourth-order valence-electron chi connectivity index (χ4n) is 2.01. The Bertz CT molecular complexity index is 773. The molecule has 0 saturated carbocycles. The van der Waals surface area contributed by atoms with Crippen molar-refractivity contribution in [3.63, 3.8) is 0 Å². The molecule has 3 heterocycles. The van der Waals surface area contributed by atoms with Crippen molar-refractivity contribution < 1.29 is 4.79 Å². The van der Waals surface area contributed by atoms with Gasteiger partial charge < -0.3 is 0 Å². The van der Waals surface area contributed by atoms with Crippen molar-refractivity contribution in [2.45, 2.75) is 6.92 Å². The van der Waals surface area contributed by atoms with Gasteiger partial charge in [-0.15, -0.1) is 0 Å². The van der Waals surface area contributed by atoms with Crippen molar-refractivity contribution in [1.82, 2.24) is 19.9 Å². The molecular weight excluding hydrogens is 264 g/mol. The molecule has 0 N–H and O–H groups in total. The molecule has 21 heavy (non-hydrogen) atoms. The summed E-state index contributed by atoms with van der Waals surface area (Å²) in [5, 5.41) is 0. The van der Waals surface area contributed by atoms with Gasteiger partial charge in [0.25, 0.3) is 0 Å². The van der Waals surface area contributed by atoms with Crippen LogP contribution in [0.5, 0.6) is 0 Å². The molecule has 0 aliphatic heterocycles. The number of rotatable bonds is 3. The molecule has 0 aromatic carbocycles. The molecule has 0 atom stereocenters. The minimum atomic E-state index is -0.0666. The van der Waals surface area contributed by atoms with E-state index in [9.17, 15) is 4.79 Å². The van der Waals surface area contributed by atoms with E-state index >= 15 is 0 Å². The highest BCUT2D eigenvalue weighted by molar-refractivity contribution is 5.99. The van der Waals surface area contributed by atoms with Crippen LogP contribution in [0.25, 0.3) is 22.6 Å². The van der Waals surface area contributed by atoms with Gasteiger partial charge in [0, 0.05) is 42.1 Å². The van der Waals surface area contributed by atoms with Gasteiger partial charge in [0.05, 0.1) is 11.3 Å². The van der Waals surface area contributed by atoms with Gasteiger partial charge in [0.15, 0.2) is 11.6 Å². The van der Waals surface area contributed by atoms with Crippen LogP contribution in [0, 0.1) is 0 Å². The first kappa shape index (κ1) is 13.1. The topological polar surface area (TPSA) is 68.6 Å². The molecule has 5 heteroatoms. The number of hydrogen-bond acceptors (Lipinski definition) is 5. The second-order valence-corrected chi connectivity index (χ2v) is 4.48. The van der Waals surface area contributed by atoms with Crippen LogP contribution in [-0.2, 0) is 0 Å². The average molecular weight is 276 g/mol. The van der Waals surface area contributed by atoms with E-state index in [1.807, 2.05) is 24.3 Å². The minimum absolute atomic E-state index is 0.0666. The summed E-state index contributed by atoms with van der Waals surface area (Å²) in [6.07, 6.45) is 8.29. The van der Waals surface area contributed by atoms with Gasteiger partial charge in [-0.25, -0.2) is 9.97 Å². The summed E-state index contributed by atoms with van der Waals surface area (Å²) in [6.45, 7) is 1.51. The normalized spacial score (nSPS) is 10.3. The quantitative estimate of drug-likeness (QED) is 0.688. The molecule has 102 valence electrons. The Morgan fingerprint density at radius 3 is 2.05 bits per heavy atom. The highest BCUT2D eigenvalue weighted by atomic mass is 16.1. The summed E-state index contributed by atoms with van der Waals surface area (Å²) < 4.78 is 0. The first-order chi connectivity index (χ1) is 10.3. The Morgan fingerprint density at radius 1 is 0.905 bits per heavy atom. The maximum atomic E-state index is 11.8. The molecule has 0 unspecified atom stereocenters. The second-order valence-electron chi connectivity index (χ2n) is 4.48. The van der Waals surface area contributed by atoms with Crippen molar-refractivity contribution in [2.24, 2.45) is 0 Å².